The SMILES string of the molecule is NC(=O)C1(C(=O)N(C(c2ccccc2)C2(O)CCCCC2)C(c2ccccc2)C2(O)CCCCC2)CC1. The van der Waals surface area contributed by atoms with E-state index in [1.165, 1.54) is 0 Å². The molecule has 2 atom stereocenters. The van der Waals surface area contributed by atoms with Crippen LogP contribution in [0.1, 0.15) is 100 Å². The number of benzene rings is 2. The maximum absolute atomic E-state index is 14.7. The summed E-state index contributed by atoms with van der Waals surface area (Å²) in [7, 11) is 0. The van der Waals surface area contributed by atoms with Gasteiger partial charge in [0.2, 0.25) is 11.8 Å². The molecule has 3 fully saturated rings. The molecule has 2 unspecified atom stereocenters. The number of carbonyl (C=O) groups is 2. The lowest BCUT2D eigenvalue weighted by Gasteiger charge is -2.53. The quantitative estimate of drug-likeness (QED) is 0.442. The van der Waals surface area contributed by atoms with Crippen molar-refractivity contribution >= 4 is 11.8 Å². The van der Waals surface area contributed by atoms with Gasteiger partial charge in [-0.25, -0.2) is 0 Å². The fourth-order valence-electron chi connectivity index (χ4n) is 6.93. The molecule has 3 saturated carbocycles. The van der Waals surface area contributed by atoms with Crippen LogP contribution in [0.5, 0.6) is 0 Å². The second-order valence-corrected chi connectivity index (χ2v) is 11.6. The van der Waals surface area contributed by atoms with E-state index in [4.69, 9.17) is 5.73 Å². The molecule has 0 heterocycles. The summed E-state index contributed by atoms with van der Waals surface area (Å²) >= 11 is 0. The molecule has 0 bridgehead atoms. The minimum atomic E-state index is -1.28. The zero-order valence-corrected chi connectivity index (χ0v) is 21.6. The van der Waals surface area contributed by atoms with Crippen molar-refractivity contribution in [2.45, 2.75) is 100 Å². The molecule has 2 aromatic carbocycles. The number of primary amides is 1. The van der Waals surface area contributed by atoms with Gasteiger partial charge in [-0.3, -0.25) is 9.59 Å². The van der Waals surface area contributed by atoms with Crippen LogP contribution in [0.3, 0.4) is 0 Å². The standard InChI is InChI=1S/C31H40N2O4/c32-27(34)29(21-22-29)28(35)33(25(23-13-5-1-6-14-23)30(36)17-9-3-10-18-30)26(24-15-7-2-8-16-24)31(37)19-11-4-12-20-31/h1-2,5-8,13-16,25-26,36-37H,3-4,9-12,17-22H2,(H2,32,34). The summed E-state index contributed by atoms with van der Waals surface area (Å²) in [5.74, 6) is -0.979. The van der Waals surface area contributed by atoms with Gasteiger partial charge in [-0.2, -0.15) is 0 Å². The van der Waals surface area contributed by atoms with Crippen LogP contribution in [0.15, 0.2) is 60.7 Å². The molecule has 0 radical (unpaired) electrons. The van der Waals surface area contributed by atoms with Crippen molar-refractivity contribution < 1.29 is 19.8 Å². The highest BCUT2D eigenvalue weighted by molar-refractivity contribution is 6.07. The molecule has 3 aliphatic carbocycles. The second-order valence-electron chi connectivity index (χ2n) is 11.6. The smallest absolute Gasteiger partial charge is 0.239 e. The van der Waals surface area contributed by atoms with Crippen LogP contribution < -0.4 is 5.73 Å². The van der Waals surface area contributed by atoms with Crippen LogP contribution >= 0.6 is 0 Å². The summed E-state index contributed by atoms with van der Waals surface area (Å²) in [4.78, 5) is 29.1. The van der Waals surface area contributed by atoms with E-state index in [1.54, 1.807) is 4.90 Å². The molecule has 6 nitrogen and oxygen atoms in total. The molecule has 6 heteroatoms. The highest BCUT2D eigenvalue weighted by Gasteiger charge is 2.62. The van der Waals surface area contributed by atoms with Gasteiger partial charge >= 0.3 is 0 Å². The molecule has 5 rings (SSSR count). The van der Waals surface area contributed by atoms with E-state index < -0.39 is 34.6 Å². The number of nitrogens with zero attached hydrogens (tertiary/aromatic N) is 1. The summed E-state index contributed by atoms with van der Waals surface area (Å²) in [6.07, 6.45) is 8.55. The minimum absolute atomic E-state index is 0.360. The van der Waals surface area contributed by atoms with Gasteiger partial charge in [0.25, 0.3) is 0 Å². The molecular weight excluding hydrogens is 464 g/mol. The Labute approximate surface area is 219 Å². The summed E-state index contributed by atoms with van der Waals surface area (Å²) in [6.45, 7) is 0. The first-order valence-electron chi connectivity index (χ1n) is 14.0. The fourth-order valence-corrected chi connectivity index (χ4v) is 6.93. The Kier molecular flexibility index (Phi) is 7.16. The molecule has 0 spiro atoms. The predicted octanol–water partition coefficient (Wildman–Crippen LogP) is 4.95. The molecule has 0 saturated heterocycles. The molecule has 3 aliphatic rings. The topological polar surface area (TPSA) is 104 Å². The second kappa shape index (κ2) is 10.2. The third-order valence-electron chi connectivity index (χ3n) is 9.11. The number of rotatable bonds is 8. The molecule has 4 N–H and O–H groups in total. The summed E-state index contributed by atoms with van der Waals surface area (Å²) < 4.78 is 0. The van der Waals surface area contributed by atoms with Crippen molar-refractivity contribution in [3.63, 3.8) is 0 Å². The lowest BCUT2D eigenvalue weighted by Crippen LogP contribution is -2.59. The minimum Gasteiger partial charge on any atom is -0.387 e. The van der Waals surface area contributed by atoms with Crippen molar-refractivity contribution in [1.82, 2.24) is 4.90 Å². The van der Waals surface area contributed by atoms with Gasteiger partial charge in [0.15, 0.2) is 0 Å². The number of carbonyl (C=O) groups excluding carboxylic acids is 2. The molecule has 0 aliphatic heterocycles. The zero-order chi connectivity index (χ0) is 26.1. The van der Waals surface area contributed by atoms with Crippen LogP contribution in [-0.2, 0) is 9.59 Å². The number of aliphatic hydroxyl groups is 2. The van der Waals surface area contributed by atoms with Gasteiger partial charge in [-0.05, 0) is 49.7 Å². The first-order chi connectivity index (χ1) is 17.8. The average molecular weight is 505 g/mol. The average Bonchev–Trinajstić information content (AvgIpc) is 3.72. The summed E-state index contributed by atoms with van der Waals surface area (Å²) in [5.41, 5.74) is 3.86. The molecular formula is C31H40N2O4. The van der Waals surface area contributed by atoms with E-state index >= 15 is 0 Å². The van der Waals surface area contributed by atoms with Gasteiger partial charge in [0.1, 0.15) is 5.41 Å². The van der Waals surface area contributed by atoms with E-state index in [1.807, 2.05) is 60.7 Å². The highest BCUT2D eigenvalue weighted by Crippen LogP contribution is 2.55. The van der Waals surface area contributed by atoms with Crippen LogP contribution in [0.2, 0.25) is 0 Å². The number of nitrogens with two attached hydrogens (primary N) is 1. The van der Waals surface area contributed by atoms with Crippen molar-refractivity contribution in [3.8, 4) is 0 Å². The first-order valence-corrected chi connectivity index (χ1v) is 14.0. The summed E-state index contributed by atoms with van der Waals surface area (Å²) in [5, 5.41) is 24.6. The van der Waals surface area contributed by atoms with E-state index in [-0.39, 0.29) is 5.91 Å². The van der Waals surface area contributed by atoms with Crippen molar-refractivity contribution in [2.75, 3.05) is 0 Å². The Hall–Kier alpha value is -2.70. The number of amides is 2. The third kappa shape index (κ3) is 4.82. The zero-order valence-electron chi connectivity index (χ0n) is 21.6. The fraction of sp³-hybridized carbons (Fsp3) is 0.548. The van der Waals surface area contributed by atoms with Crippen LogP contribution in [-0.4, -0.2) is 38.1 Å². The van der Waals surface area contributed by atoms with Gasteiger partial charge in [0.05, 0.1) is 23.3 Å². The maximum atomic E-state index is 14.7. The molecule has 0 aromatic heterocycles. The number of hydrogen-bond donors (Lipinski definition) is 3. The van der Waals surface area contributed by atoms with Crippen LogP contribution in [0.25, 0.3) is 0 Å². The maximum Gasteiger partial charge on any atom is 0.239 e. The van der Waals surface area contributed by atoms with E-state index in [0.717, 1.165) is 49.7 Å². The van der Waals surface area contributed by atoms with Gasteiger partial charge in [0, 0.05) is 0 Å². The molecule has 2 aromatic rings. The highest BCUT2D eigenvalue weighted by atomic mass is 16.3. The van der Waals surface area contributed by atoms with Crippen LogP contribution in [0.4, 0.5) is 0 Å². The van der Waals surface area contributed by atoms with Crippen molar-refractivity contribution in [2.24, 2.45) is 11.1 Å². The Morgan fingerprint density at radius 1 is 0.649 bits per heavy atom. The predicted molar refractivity (Wildman–Crippen MR) is 142 cm³/mol. The molecule has 37 heavy (non-hydrogen) atoms. The van der Waals surface area contributed by atoms with Crippen LogP contribution in [0, 0.1) is 5.41 Å². The van der Waals surface area contributed by atoms with E-state index in [9.17, 15) is 19.8 Å². The van der Waals surface area contributed by atoms with E-state index in [0.29, 0.717) is 38.5 Å². The molecule has 198 valence electrons. The summed E-state index contributed by atoms with van der Waals surface area (Å²) in [6, 6.07) is 17.9. The Bertz CT molecular complexity index is 1020. The largest absolute Gasteiger partial charge is 0.387 e. The Morgan fingerprint density at radius 3 is 1.35 bits per heavy atom. The van der Waals surface area contributed by atoms with Crippen molar-refractivity contribution in [1.29, 1.82) is 0 Å². The van der Waals surface area contributed by atoms with Gasteiger partial charge in [-0.15, -0.1) is 0 Å². The lowest BCUT2D eigenvalue weighted by molar-refractivity contribution is -0.173. The van der Waals surface area contributed by atoms with E-state index in [2.05, 4.69) is 0 Å². The van der Waals surface area contributed by atoms with Gasteiger partial charge in [-0.1, -0.05) is 99.2 Å². The third-order valence-corrected chi connectivity index (χ3v) is 9.11. The Balaban J connectivity index is 1.74. The lowest BCUT2D eigenvalue weighted by atomic mass is 9.71. The Morgan fingerprint density at radius 2 is 1.03 bits per heavy atom. The van der Waals surface area contributed by atoms with Gasteiger partial charge < -0.3 is 20.8 Å². The van der Waals surface area contributed by atoms with Crippen molar-refractivity contribution in [3.05, 3.63) is 71.8 Å². The monoisotopic (exact) mass is 504 g/mol. The first kappa shape index (κ1) is 25.9. The normalized spacial score (nSPS) is 23.4. The number of hydrogen-bond acceptors (Lipinski definition) is 4. The molecule has 2 amide bonds.